The minimum absolute atomic E-state index is 0.0904. The summed E-state index contributed by atoms with van der Waals surface area (Å²) in [6.45, 7) is 1.47. The summed E-state index contributed by atoms with van der Waals surface area (Å²) in [6, 6.07) is 10.5. The van der Waals surface area contributed by atoms with Gasteiger partial charge in [-0.05, 0) is 25.1 Å². The van der Waals surface area contributed by atoms with Gasteiger partial charge in [0.15, 0.2) is 11.6 Å². The van der Waals surface area contributed by atoms with E-state index in [0.29, 0.717) is 5.39 Å². The molecule has 0 saturated heterocycles. The maximum absolute atomic E-state index is 14.3. The van der Waals surface area contributed by atoms with Crippen molar-refractivity contribution in [3.8, 4) is 5.75 Å². The Morgan fingerprint density at radius 1 is 1.21 bits per heavy atom. The number of ether oxygens (including phenoxy) is 1. The molecule has 7 heteroatoms. The minimum Gasteiger partial charge on any atom is -0.493 e. The third-order valence-corrected chi connectivity index (χ3v) is 5.53. The molecule has 0 aliphatic rings. The van der Waals surface area contributed by atoms with E-state index >= 15 is 0 Å². The highest BCUT2D eigenvalue weighted by molar-refractivity contribution is 7.90. The number of methoxy groups -OCH3 is 1. The van der Waals surface area contributed by atoms with Crippen LogP contribution in [0.15, 0.2) is 53.6 Å². The van der Waals surface area contributed by atoms with Crippen LogP contribution in [0.3, 0.4) is 0 Å². The van der Waals surface area contributed by atoms with Gasteiger partial charge < -0.3 is 9.84 Å². The van der Waals surface area contributed by atoms with Gasteiger partial charge in [-0.15, -0.1) is 0 Å². The lowest BCUT2D eigenvalue weighted by atomic mass is 10.0. The first-order chi connectivity index (χ1) is 11.4. The van der Waals surface area contributed by atoms with Crippen LogP contribution in [0.1, 0.15) is 18.6 Å². The van der Waals surface area contributed by atoms with Crippen LogP contribution in [0, 0.1) is 5.82 Å². The van der Waals surface area contributed by atoms with E-state index in [1.54, 1.807) is 18.2 Å². The van der Waals surface area contributed by atoms with Crippen LogP contribution < -0.4 is 4.74 Å². The topological polar surface area (TPSA) is 68.5 Å². The Kier molecular flexibility index (Phi) is 4.06. The van der Waals surface area contributed by atoms with Crippen molar-refractivity contribution in [1.29, 1.82) is 0 Å². The molecule has 2 aromatic carbocycles. The molecule has 0 radical (unpaired) electrons. The second kappa shape index (κ2) is 5.92. The van der Waals surface area contributed by atoms with Crippen LogP contribution in [-0.2, 0) is 10.0 Å². The van der Waals surface area contributed by atoms with Crippen LogP contribution in [0.5, 0.6) is 5.75 Å². The van der Waals surface area contributed by atoms with Gasteiger partial charge in [0.2, 0.25) is 0 Å². The Bertz CT molecular complexity index is 994. The van der Waals surface area contributed by atoms with Gasteiger partial charge in [-0.25, -0.2) is 16.8 Å². The number of hydrogen-bond donors (Lipinski definition) is 1. The highest BCUT2D eigenvalue weighted by Gasteiger charge is 2.24. The first-order valence-electron chi connectivity index (χ1n) is 7.24. The first-order valence-corrected chi connectivity index (χ1v) is 8.68. The van der Waals surface area contributed by atoms with Crippen LogP contribution in [0.2, 0.25) is 0 Å². The van der Waals surface area contributed by atoms with E-state index in [0.717, 1.165) is 10.0 Å². The van der Waals surface area contributed by atoms with Gasteiger partial charge in [-0.2, -0.15) is 0 Å². The van der Waals surface area contributed by atoms with E-state index in [1.165, 1.54) is 38.4 Å². The summed E-state index contributed by atoms with van der Waals surface area (Å²) < 4.78 is 46.0. The van der Waals surface area contributed by atoms with Gasteiger partial charge in [0, 0.05) is 23.2 Å². The molecule has 24 heavy (non-hydrogen) atoms. The van der Waals surface area contributed by atoms with Crippen LogP contribution in [-0.4, -0.2) is 24.6 Å². The summed E-state index contributed by atoms with van der Waals surface area (Å²) in [5, 5.41) is 10.4. The van der Waals surface area contributed by atoms with E-state index in [-0.39, 0.29) is 21.7 Å². The van der Waals surface area contributed by atoms with Crippen molar-refractivity contribution in [2.75, 3.05) is 7.11 Å². The van der Waals surface area contributed by atoms with Crippen molar-refractivity contribution in [2.45, 2.75) is 17.9 Å². The molecule has 126 valence electrons. The molecule has 5 nitrogen and oxygen atoms in total. The molecule has 3 aromatic rings. The van der Waals surface area contributed by atoms with Gasteiger partial charge >= 0.3 is 0 Å². The van der Waals surface area contributed by atoms with Crippen LogP contribution in [0.4, 0.5) is 4.39 Å². The highest BCUT2D eigenvalue weighted by Crippen LogP contribution is 2.37. The third kappa shape index (κ3) is 2.46. The molecular weight excluding hydrogens is 333 g/mol. The van der Waals surface area contributed by atoms with Crippen LogP contribution >= 0.6 is 0 Å². The average molecular weight is 349 g/mol. The van der Waals surface area contributed by atoms with E-state index in [2.05, 4.69) is 0 Å². The lowest BCUT2D eigenvalue weighted by Gasteiger charge is -2.14. The van der Waals surface area contributed by atoms with Gasteiger partial charge in [-0.1, -0.05) is 18.2 Å². The third-order valence-electron chi connectivity index (χ3n) is 3.83. The number of hydrogen-bond acceptors (Lipinski definition) is 4. The predicted molar refractivity (Wildman–Crippen MR) is 88.1 cm³/mol. The van der Waals surface area contributed by atoms with E-state index in [1.807, 2.05) is 0 Å². The average Bonchev–Trinajstić information content (AvgIpc) is 2.98. The van der Waals surface area contributed by atoms with Crippen molar-refractivity contribution in [2.24, 2.45) is 0 Å². The second-order valence-corrected chi connectivity index (χ2v) is 7.16. The summed E-state index contributed by atoms with van der Waals surface area (Å²) in [5.74, 6) is -0.823. The fourth-order valence-electron chi connectivity index (χ4n) is 2.77. The van der Waals surface area contributed by atoms with Crippen molar-refractivity contribution < 1.29 is 22.7 Å². The predicted octanol–water partition coefficient (Wildman–Crippen LogP) is 3.08. The molecule has 0 aliphatic heterocycles. The zero-order valence-corrected chi connectivity index (χ0v) is 13.9. The molecule has 1 N–H and O–H groups in total. The van der Waals surface area contributed by atoms with Crippen LogP contribution in [0.25, 0.3) is 10.9 Å². The van der Waals surface area contributed by atoms with Gasteiger partial charge in [0.05, 0.1) is 23.6 Å². The van der Waals surface area contributed by atoms with Crippen molar-refractivity contribution in [1.82, 2.24) is 3.97 Å². The SMILES string of the molecule is COc1c(F)cc2c(ccn2S(=O)(=O)c2ccccc2)c1C(C)O. The smallest absolute Gasteiger partial charge is 0.268 e. The van der Waals surface area contributed by atoms with E-state index in [4.69, 9.17) is 4.74 Å². The molecule has 3 rings (SSSR count). The summed E-state index contributed by atoms with van der Waals surface area (Å²) in [4.78, 5) is 0.0947. The van der Waals surface area contributed by atoms with Gasteiger partial charge in [-0.3, -0.25) is 0 Å². The second-order valence-electron chi connectivity index (χ2n) is 5.34. The zero-order chi connectivity index (χ0) is 17.5. The molecule has 0 bridgehead atoms. The molecule has 0 fully saturated rings. The largest absolute Gasteiger partial charge is 0.493 e. The van der Waals surface area contributed by atoms with E-state index in [9.17, 15) is 17.9 Å². The minimum atomic E-state index is -3.87. The monoisotopic (exact) mass is 349 g/mol. The first kappa shape index (κ1) is 16.5. The molecular formula is C17H16FNO4S. The molecule has 1 atom stereocenters. The Balaban J connectivity index is 2.34. The number of aromatic nitrogens is 1. The number of benzene rings is 2. The maximum Gasteiger partial charge on any atom is 0.268 e. The Morgan fingerprint density at radius 2 is 1.88 bits per heavy atom. The Labute approximate surface area is 139 Å². The number of halogens is 1. The zero-order valence-electron chi connectivity index (χ0n) is 13.1. The molecule has 1 unspecified atom stereocenters. The highest BCUT2D eigenvalue weighted by atomic mass is 32.2. The number of aliphatic hydroxyl groups is 1. The summed E-state index contributed by atoms with van der Waals surface area (Å²) >= 11 is 0. The van der Waals surface area contributed by atoms with Gasteiger partial charge in [0.25, 0.3) is 10.0 Å². The molecule has 1 heterocycles. The molecule has 0 amide bonds. The number of fused-ring (bicyclic) bond motifs is 1. The fraction of sp³-hybridized carbons (Fsp3) is 0.176. The number of nitrogens with zero attached hydrogens (tertiary/aromatic N) is 1. The Hall–Kier alpha value is -2.38. The lowest BCUT2D eigenvalue weighted by Crippen LogP contribution is -2.12. The lowest BCUT2D eigenvalue weighted by molar-refractivity contribution is 0.194. The number of rotatable bonds is 4. The summed E-state index contributed by atoms with van der Waals surface area (Å²) in [7, 11) is -2.57. The molecule has 1 aromatic heterocycles. The van der Waals surface area contributed by atoms with E-state index < -0.39 is 21.9 Å². The fourth-order valence-corrected chi connectivity index (χ4v) is 4.13. The quantitative estimate of drug-likeness (QED) is 0.786. The molecule has 0 saturated carbocycles. The van der Waals surface area contributed by atoms with Gasteiger partial charge in [0.1, 0.15) is 0 Å². The normalized spacial score (nSPS) is 13.2. The van der Waals surface area contributed by atoms with Crippen molar-refractivity contribution >= 4 is 20.9 Å². The number of aliphatic hydroxyl groups excluding tert-OH is 1. The standard InChI is InChI=1S/C17H16FNO4S/c1-11(20)16-13-8-9-19(15(13)10-14(18)17(16)23-2)24(21,22)12-6-4-3-5-7-12/h3-11,20H,1-2H3. The molecule has 0 spiro atoms. The summed E-state index contributed by atoms with van der Waals surface area (Å²) in [6.07, 6.45) is 0.325. The molecule has 0 aliphatic carbocycles. The Morgan fingerprint density at radius 3 is 2.46 bits per heavy atom. The maximum atomic E-state index is 14.3. The van der Waals surface area contributed by atoms with Crippen molar-refractivity contribution in [3.63, 3.8) is 0 Å². The summed E-state index contributed by atoms with van der Waals surface area (Å²) in [5.41, 5.74) is 0.363. The van der Waals surface area contributed by atoms with Crippen molar-refractivity contribution in [3.05, 3.63) is 60.0 Å².